The normalized spacial score (nSPS) is 11.2. The predicted octanol–water partition coefficient (Wildman–Crippen LogP) is 12.4. The Labute approximate surface area is 436 Å². The molecule has 0 aromatic heterocycles. The van der Waals surface area contributed by atoms with Crippen molar-refractivity contribution in [3.05, 3.63) is 267 Å². The first kappa shape index (κ1) is 54.7. The molecule has 357 valence electrons. The van der Waals surface area contributed by atoms with Gasteiger partial charge in [0, 0.05) is 11.8 Å². The van der Waals surface area contributed by atoms with Crippen LogP contribution in [0, 0.1) is 5.92 Å². The summed E-state index contributed by atoms with van der Waals surface area (Å²) in [5.41, 5.74) is 4.27. The van der Waals surface area contributed by atoms with Crippen molar-refractivity contribution in [2.45, 2.75) is 6.42 Å². The summed E-state index contributed by atoms with van der Waals surface area (Å²) in [6.07, 6.45) is 2.93. The molecule has 0 aliphatic carbocycles. The van der Waals surface area contributed by atoms with E-state index >= 15 is 0 Å². The van der Waals surface area contributed by atoms with Crippen molar-refractivity contribution in [3.63, 3.8) is 0 Å². The first-order valence-corrected chi connectivity index (χ1v) is 32.6. The molecule has 0 fully saturated rings. The van der Waals surface area contributed by atoms with Gasteiger partial charge < -0.3 is 0 Å². The molecular weight excluding hydrogens is 1030 g/mol. The SMILES string of the molecule is C=CC(CC(=C=[C]=[Ru][Cl])N(C)C)CN(C)C.c1ccc(P(CP(c2ccccc2)c2ccccc2)c2ccccc2)cc1.c1ccc(P(CP(c2ccccc2)c2ccccc2)c2ccccc2)cc1. The second-order valence-corrected chi connectivity index (χ2v) is 28.1. The fourth-order valence-corrected chi connectivity index (χ4v) is 21.2. The molecule has 1 atom stereocenters. The zero-order valence-electron chi connectivity index (χ0n) is 40.7. The van der Waals surface area contributed by atoms with Gasteiger partial charge in [-0.1, -0.05) is 243 Å². The van der Waals surface area contributed by atoms with Gasteiger partial charge in [-0.25, -0.2) is 0 Å². The Hall–Kier alpha value is -4.68. The fraction of sp³-hybridized carbons (Fsp3) is 0.145. The van der Waals surface area contributed by atoms with Crippen LogP contribution in [0.1, 0.15) is 6.42 Å². The van der Waals surface area contributed by atoms with Gasteiger partial charge in [0.25, 0.3) is 0 Å². The average Bonchev–Trinajstić information content (AvgIpc) is 3.42. The van der Waals surface area contributed by atoms with Gasteiger partial charge in [0.2, 0.25) is 0 Å². The minimum atomic E-state index is -0.409. The van der Waals surface area contributed by atoms with Gasteiger partial charge in [-0.15, -0.1) is 0 Å². The fourth-order valence-electron chi connectivity index (χ4n) is 7.75. The van der Waals surface area contributed by atoms with Crippen molar-refractivity contribution in [2.24, 2.45) is 5.92 Å². The molecule has 70 heavy (non-hydrogen) atoms. The van der Waals surface area contributed by atoms with E-state index in [2.05, 4.69) is 283 Å². The van der Waals surface area contributed by atoms with Gasteiger partial charge in [0.1, 0.15) is 0 Å². The molecule has 8 rings (SSSR count). The van der Waals surface area contributed by atoms with E-state index in [0.29, 0.717) is 5.92 Å². The third kappa shape index (κ3) is 17.9. The number of halogens is 1. The molecule has 0 heterocycles. The van der Waals surface area contributed by atoms with E-state index in [1.807, 2.05) is 20.2 Å². The summed E-state index contributed by atoms with van der Waals surface area (Å²) in [4.78, 5) is 4.23. The topological polar surface area (TPSA) is 6.48 Å². The van der Waals surface area contributed by atoms with E-state index in [9.17, 15) is 0 Å². The summed E-state index contributed by atoms with van der Waals surface area (Å²) in [6.45, 7) is 4.88. The molecule has 0 radical (unpaired) electrons. The average molecular weight is 1100 g/mol. The van der Waals surface area contributed by atoms with Gasteiger partial charge in [-0.05, 0) is 74.1 Å². The Kier molecular flexibility index (Phi) is 24.1. The summed E-state index contributed by atoms with van der Waals surface area (Å²) in [6, 6.07) is 88.3. The Morgan fingerprint density at radius 1 is 0.443 bits per heavy atom. The van der Waals surface area contributed by atoms with Crippen LogP contribution in [0.4, 0.5) is 0 Å². The summed E-state index contributed by atoms with van der Waals surface area (Å²) >= 11 is -0.317. The van der Waals surface area contributed by atoms with Crippen LogP contribution in [0.3, 0.4) is 0 Å². The van der Waals surface area contributed by atoms with Crippen LogP contribution in [-0.4, -0.2) is 60.6 Å². The van der Waals surface area contributed by atoms with Gasteiger partial charge >= 0.3 is 111 Å². The second-order valence-electron chi connectivity index (χ2n) is 16.8. The molecule has 0 spiro atoms. The van der Waals surface area contributed by atoms with Crippen LogP contribution >= 0.6 is 41.4 Å². The monoisotopic (exact) mass is 1100 g/mol. The van der Waals surface area contributed by atoms with Crippen molar-refractivity contribution in [1.29, 1.82) is 0 Å². The molecule has 0 aliphatic rings. The number of nitrogens with zero attached hydrogens (tertiary/aromatic N) is 2. The summed E-state index contributed by atoms with van der Waals surface area (Å²) in [7, 11) is 12.2. The quantitative estimate of drug-likeness (QED) is 0.0366. The van der Waals surface area contributed by atoms with E-state index in [-0.39, 0.29) is 15.7 Å². The minimum absolute atomic E-state index is 0.317. The molecule has 0 saturated carbocycles. The van der Waals surface area contributed by atoms with Crippen molar-refractivity contribution in [3.8, 4) is 0 Å². The maximum absolute atomic E-state index is 5.66. The van der Waals surface area contributed by atoms with E-state index in [4.69, 9.17) is 9.69 Å². The number of benzene rings is 8. The molecule has 0 N–H and O–H groups in total. The first-order chi connectivity index (χ1) is 34.3. The molecular formula is C62H64ClN2P4Ru. The van der Waals surface area contributed by atoms with Crippen LogP contribution in [0.5, 0.6) is 0 Å². The molecule has 0 amide bonds. The summed E-state index contributed by atoms with van der Waals surface area (Å²) < 4.78 is 2.99. The first-order valence-electron chi connectivity index (χ1n) is 23.4. The van der Waals surface area contributed by atoms with Crippen molar-refractivity contribution >= 4 is 88.1 Å². The molecule has 1 unspecified atom stereocenters. The molecule has 0 bridgehead atoms. The number of allylic oxidation sites excluding steroid dienone is 1. The Bertz CT molecular complexity index is 2290. The zero-order valence-corrected chi connectivity index (χ0v) is 46.8. The number of hydrogen-bond donors (Lipinski definition) is 0. The molecule has 0 saturated heterocycles. The molecule has 8 heteroatoms. The van der Waals surface area contributed by atoms with Crippen molar-refractivity contribution in [1.82, 2.24) is 9.80 Å². The maximum atomic E-state index is 5.66. The Morgan fingerprint density at radius 2 is 0.671 bits per heavy atom. The van der Waals surface area contributed by atoms with Gasteiger partial charge in [-0.3, -0.25) is 0 Å². The van der Waals surface area contributed by atoms with Gasteiger partial charge in [-0.2, -0.15) is 0 Å². The third-order valence-corrected chi connectivity index (χ3v) is 23.9. The second kappa shape index (κ2) is 30.9. The maximum Gasteiger partial charge on any atom is 0.00405 e. The van der Waals surface area contributed by atoms with Gasteiger partial charge in [0.15, 0.2) is 0 Å². The van der Waals surface area contributed by atoms with E-state index in [0.717, 1.165) is 18.7 Å². The zero-order chi connectivity index (χ0) is 49.2. The Morgan fingerprint density at radius 3 is 0.843 bits per heavy atom. The number of rotatable bonds is 18. The Balaban J connectivity index is 0.000000179. The largest absolute Gasteiger partial charge is 0.0622 e. The minimum Gasteiger partial charge on any atom is -0.0622 e. The van der Waals surface area contributed by atoms with E-state index < -0.39 is 31.7 Å². The van der Waals surface area contributed by atoms with Crippen molar-refractivity contribution in [2.75, 3.05) is 46.5 Å². The van der Waals surface area contributed by atoms with E-state index in [1.165, 1.54) is 54.2 Å². The smallest absolute Gasteiger partial charge is 0.00405 e. The van der Waals surface area contributed by atoms with Gasteiger partial charge in [0.05, 0.1) is 0 Å². The van der Waals surface area contributed by atoms with Crippen LogP contribution in [-0.2, 0) is 15.7 Å². The molecule has 0 aliphatic heterocycles. The van der Waals surface area contributed by atoms with Crippen LogP contribution in [0.2, 0.25) is 0 Å². The van der Waals surface area contributed by atoms with Crippen LogP contribution in [0.15, 0.2) is 267 Å². The number of hydrogen-bond acceptors (Lipinski definition) is 2. The summed E-state index contributed by atoms with van der Waals surface area (Å²) in [5.74, 6) is 2.78. The molecule has 8 aromatic rings. The summed E-state index contributed by atoms with van der Waals surface area (Å²) in [5, 5.41) is 11.7. The molecule has 2 nitrogen and oxygen atoms in total. The van der Waals surface area contributed by atoms with E-state index in [1.54, 1.807) is 0 Å². The third-order valence-electron chi connectivity index (χ3n) is 11.3. The van der Waals surface area contributed by atoms with Crippen LogP contribution < -0.4 is 42.4 Å². The molecule has 8 aromatic carbocycles. The standard InChI is InChI=1S/2C25H22P2.C12H20N2.ClH.Ru/c2*1-5-13-22(14-6-1)26(23-15-7-2-8-16-23)21-27(24-17-9-3-10-18-24)25-19-11-4-12-20-25;1-7-11(10-13(3)4)9-12(8-2)14(5)6;;/h2*1-20H,21H2;7,11H,1,9-10H2,3-6H3;1H;/q;;;;+1/p-1. The van der Waals surface area contributed by atoms with Crippen molar-refractivity contribution < 1.29 is 15.7 Å². The predicted molar refractivity (Wildman–Crippen MR) is 314 cm³/mol. The van der Waals surface area contributed by atoms with Crippen LogP contribution in [0.25, 0.3) is 0 Å².